The lowest BCUT2D eigenvalue weighted by Gasteiger charge is -2.25. The van der Waals surface area contributed by atoms with E-state index in [0.29, 0.717) is 25.3 Å². The molecule has 9 heteroatoms. The van der Waals surface area contributed by atoms with E-state index >= 15 is 0 Å². The number of fused-ring (bicyclic) bond motifs is 4. The Bertz CT molecular complexity index is 1220. The first-order chi connectivity index (χ1) is 13.6. The van der Waals surface area contributed by atoms with Crippen LogP contribution in [0, 0.1) is 5.82 Å². The highest BCUT2D eigenvalue weighted by Gasteiger charge is 2.24. The quantitative estimate of drug-likeness (QED) is 0.467. The number of anilines is 1. The number of H-pyrrole nitrogens is 2. The number of nitrogens with one attached hydrogen (secondary N) is 3. The first-order valence-corrected chi connectivity index (χ1v) is 9.12. The van der Waals surface area contributed by atoms with Gasteiger partial charge in [0.15, 0.2) is 5.82 Å². The van der Waals surface area contributed by atoms with Gasteiger partial charge in [0, 0.05) is 28.5 Å². The summed E-state index contributed by atoms with van der Waals surface area (Å²) in [6.07, 6.45) is 0.000526. The van der Waals surface area contributed by atoms with E-state index in [-0.39, 0.29) is 5.02 Å². The molecule has 3 N–H and O–H groups in total. The van der Waals surface area contributed by atoms with Gasteiger partial charge in [0.05, 0.1) is 17.1 Å². The molecular formula is C19H15ClFN5O2. The average molecular weight is 400 g/mol. The Hall–Kier alpha value is -3.10. The number of para-hydroxylation sites is 1. The molecule has 3 heterocycles. The van der Waals surface area contributed by atoms with Crippen molar-refractivity contribution in [1.82, 2.24) is 20.2 Å². The van der Waals surface area contributed by atoms with Crippen LogP contribution in [0.15, 0.2) is 36.4 Å². The summed E-state index contributed by atoms with van der Waals surface area (Å²) in [7, 11) is 0. The van der Waals surface area contributed by atoms with Gasteiger partial charge in [-0.3, -0.25) is 10.4 Å². The van der Waals surface area contributed by atoms with Gasteiger partial charge in [-0.2, -0.15) is 5.10 Å². The van der Waals surface area contributed by atoms with Gasteiger partial charge in [-0.05, 0) is 36.2 Å². The van der Waals surface area contributed by atoms with Gasteiger partial charge in [-0.25, -0.2) is 9.18 Å². The van der Waals surface area contributed by atoms with Crippen LogP contribution in [0.1, 0.15) is 11.3 Å². The van der Waals surface area contributed by atoms with E-state index in [1.807, 2.05) is 24.3 Å². The molecule has 7 nitrogen and oxygen atoms in total. The Morgan fingerprint density at radius 1 is 1.25 bits per heavy atom. The summed E-state index contributed by atoms with van der Waals surface area (Å²) in [5.74, 6) is -0.0331. The van der Waals surface area contributed by atoms with Gasteiger partial charge in [0.1, 0.15) is 5.82 Å². The highest BCUT2D eigenvalue weighted by molar-refractivity contribution is 6.31. The summed E-state index contributed by atoms with van der Waals surface area (Å²) in [6.45, 7) is 0.872. The highest BCUT2D eigenvalue weighted by atomic mass is 35.5. The molecular weight excluding hydrogens is 385 g/mol. The van der Waals surface area contributed by atoms with Crippen molar-refractivity contribution in [3.63, 3.8) is 0 Å². The van der Waals surface area contributed by atoms with Crippen molar-refractivity contribution >= 4 is 45.3 Å². The van der Waals surface area contributed by atoms with E-state index in [9.17, 15) is 9.18 Å². The molecule has 142 valence electrons. The summed E-state index contributed by atoms with van der Waals surface area (Å²) in [5, 5.41) is 12.8. The van der Waals surface area contributed by atoms with Gasteiger partial charge < -0.3 is 9.82 Å². The molecule has 2 aromatic carbocycles. The van der Waals surface area contributed by atoms with E-state index < -0.39 is 11.9 Å². The van der Waals surface area contributed by atoms with Crippen LogP contribution in [0.2, 0.25) is 5.02 Å². The number of aromatic nitrogens is 3. The zero-order chi connectivity index (χ0) is 19.3. The fourth-order valence-corrected chi connectivity index (χ4v) is 3.75. The van der Waals surface area contributed by atoms with E-state index in [4.69, 9.17) is 16.4 Å². The molecule has 0 bridgehead atoms. The minimum Gasteiger partial charge on any atom is -0.357 e. The van der Waals surface area contributed by atoms with Crippen molar-refractivity contribution in [2.75, 3.05) is 11.9 Å². The molecule has 28 heavy (non-hydrogen) atoms. The molecule has 0 atom stereocenters. The largest absolute Gasteiger partial charge is 0.432 e. The molecule has 0 fully saturated rings. The van der Waals surface area contributed by atoms with Gasteiger partial charge in [0.2, 0.25) is 0 Å². The normalized spacial score (nSPS) is 14.4. The zero-order valence-electron chi connectivity index (χ0n) is 14.6. The van der Waals surface area contributed by atoms with Crippen LogP contribution < -0.4 is 5.32 Å². The summed E-state index contributed by atoms with van der Waals surface area (Å²) in [4.78, 5) is 20.9. The van der Waals surface area contributed by atoms with Crippen molar-refractivity contribution in [3.05, 3.63) is 58.5 Å². The molecule has 0 spiro atoms. The standard InChI is InChI=1S/C19H15ClFN5O2/c20-13-8-16-12(7-14(13)21)10-5-6-26(9-17(10)22-16)28-19(27)23-18-11-3-1-2-4-15(11)24-25-18/h1-4,7-8,22H,5-6,9H2,(H2,23,24,25,27). The number of carbonyl (C=O) groups is 1. The minimum atomic E-state index is -0.620. The molecule has 1 aliphatic rings. The van der Waals surface area contributed by atoms with Crippen LogP contribution in [0.3, 0.4) is 0 Å². The van der Waals surface area contributed by atoms with Gasteiger partial charge in [-0.1, -0.05) is 23.7 Å². The molecule has 0 radical (unpaired) electrons. The number of aromatic amines is 2. The number of rotatable bonds is 2. The number of nitrogens with zero attached hydrogens (tertiary/aromatic N) is 2. The summed E-state index contributed by atoms with van der Waals surface area (Å²) >= 11 is 5.87. The number of halogens is 2. The SMILES string of the molecule is O=C(Nc1n[nH]c2ccccc12)ON1CCc2c([nH]c3cc(Cl)c(F)cc23)C1. The lowest BCUT2D eigenvalue weighted by molar-refractivity contribution is -0.106. The third-order valence-corrected chi connectivity index (χ3v) is 5.17. The van der Waals surface area contributed by atoms with Crippen molar-refractivity contribution in [2.45, 2.75) is 13.0 Å². The summed E-state index contributed by atoms with van der Waals surface area (Å²) in [6, 6.07) is 10.5. The molecule has 0 unspecified atom stereocenters. The maximum atomic E-state index is 13.8. The molecule has 0 aliphatic carbocycles. The van der Waals surface area contributed by atoms with Crippen LogP contribution in [0.25, 0.3) is 21.8 Å². The Balaban J connectivity index is 1.31. The fourth-order valence-electron chi connectivity index (χ4n) is 3.59. The van der Waals surface area contributed by atoms with E-state index in [2.05, 4.69) is 20.5 Å². The Kier molecular flexibility index (Phi) is 3.96. The van der Waals surface area contributed by atoms with Crippen LogP contribution >= 0.6 is 11.6 Å². The van der Waals surface area contributed by atoms with Crippen LogP contribution in [-0.2, 0) is 17.8 Å². The Labute approximate surface area is 163 Å². The van der Waals surface area contributed by atoms with E-state index in [1.165, 1.54) is 6.07 Å². The minimum absolute atomic E-state index is 0.0739. The van der Waals surface area contributed by atoms with E-state index in [0.717, 1.165) is 33.1 Å². The summed E-state index contributed by atoms with van der Waals surface area (Å²) < 4.78 is 13.8. The number of hydrogen-bond acceptors (Lipinski definition) is 4. The Morgan fingerprint density at radius 2 is 2.11 bits per heavy atom. The second-order valence-electron chi connectivity index (χ2n) is 6.63. The number of benzene rings is 2. The third-order valence-electron chi connectivity index (χ3n) is 4.88. The maximum Gasteiger partial charge on any atom is 0.432 e. The molecule has 1 amide bonds. The van der Waals surface area contributed by atoms with Gasteiger partial charge >= 0.3 is 6.09 Å². The molecule has 0 saturated heterocycles. The van der Waals surface area contributed by atoms with Crippen molar-refractivity contribution in [3.8, 4) is 0 Å². The van der Waals surface area contributed by atoms with Gasteiger partial charge in [0.25, 0.3) is 0 Å². The Morgan fingerprint density at radius 3 is 3.00 bits per heavy atom. The molecule has 2 aromatic heterocycles. The molecule has 1 aliphatic heterocycles. The topological polar surface area (TPSA) is 86.0 Å². The monoisotopic (exact) mass is 399 g/mol. The lowest BCUT2D eigenvalue weighted by Crippen LogP contribution is -2.34. The summed E-state index contributed by atoms with van der Waals surface area (Å²) in [5.41, 5.74) is 3.49. The molecule has 4 aromatic rings. The first kappa shape index (κ1) is 17.0. The van der Waals surface area contributed by atoms with E-state index in [1.54, 1.807) is 11.1 Å². The average Bonchev–Trinajstić information content (AvgIpc) is 3.23. The second-order valence-corrected chi connectivity index (χ2v) is 7.04. The predicted molar refractivity (Wildman–Crippen MR) is 104 cm³/mol. The fraction of sp³-hybridized carbons (Fsp3) is 0.158. The van der Waals surface area contributed by atoms with Crippen molar-refractivity contribution in [2.24, 2.45) is 0 Å². The smallest absolute Gasteiger partial charge is 0.357 e. The first-order valence-electron chi connectivity index (χ1n) is 8.74. The maximum absolute atomic E-state index is 13.8. The molecule has 0 saturated carbocycles. The lowest BCUT2D eigenvalue weighted by atomic mass is 10.0. The number of amides is 1. The van der Waals surface area contributed by atoms with Crippen LogP contribution in [0.5, 0.6) is 0 Å². The number of hydrogen-bond donors (Lipinski definition) is 3. The number of hydroxylamine groups is 2. The van der Waals surface area contributed by atoms with Crippen LogP contribution in [0.4, 0.5) is 15.0 Å². The second kappa shape index (κ2) is 6.50. The zero-order valence-corrected chi connectivity index (χ0v) is 15.3. The third kappa shape index (κ3) is 2.87. The predicted octanol–water partition coefficient (Wildman–Crippen LogP) is 4.36. The van der Waals surface area contributed by atoms with Gasteiger partial charge in [-0.15, -0.1) is 5.06 Å². The number of carbonyl (C=O) groups excluding carboxylic acids is 1. The van der Waals surface area contributed by atoms with Crippen molar-refractivity contribution < 1.29 is 14.0 Å². The molecule has 5 rings (SSSR count). The highest BCUT2D eigenvalue weighted by Crippen LogP contribution is 2.31. The van der Waals surface area contributed by atoms with Crippen LogP contribution in [-0.4, -0.2) is 32.9 Å². The van der Waals surface area contributed by atoms with Crippen molar-refractivity contribution in [1.29, 1.82) is 0 Å².